The lowest BCUT2D eigenvalue weighted by atomic mass is 10.2. The van der Waals surface area contributed by atoms with Crippen LogP contribution in [0.2, 0.25) is 0 Å². The van der Waals surface area contributed by atoms with Gasteiger partial charge in [-0.1, -0.05) is 6.07 Å². The van der Waals surface area contributed by atoms with Gasteiger partial charge >= 0.3 is 0 Å². The average Bonchev–Trinajstić information content (AvgIpc) is 3.29. The average molecular weight is 352 g/mol. The molecule has 0 radical (unpaired) electrons. The Bertz CT molecular complexity index is 940. The zero-order valence-corrected chi connectivity index (χ0v) is 14.5. The molecule has 0 spiro atoms. The third-order valence-corrected chi connectivity index (χ3v) is 4.60. The minimum Gasteiger partial charge on any atom is -0.384 e. The van der Waals surface area contributed by atoms with Crippen LogP contribution in [0.25, 0.3) is 17.2 Å². The summed E-state index contributed by atoms with van der Waals surface area (Å²) in [7, 11) is 1.65. The van der Waals surface area contributed by atoms with E-state index in [2.05, 4.69) is 15.1 Å². The highest BCUT2D eigenvalue weighted by Gasteiger charge is 2.30. The van der Waals surface area contributed by atoms with Gasteiger partial charge < -0.3 is 15.4 Å². The number of aromatic nitrogens is 4. The first-order chi connectivity index (χ1) is 12.7. The van der Waals surface area contributed by atoms with Crippen molar-refractivity contribution in [2.45, 2.75) is 18.9 Å². The first-order valence-corrected chi connectivity index (χ1v) is 8.55. The van der Waals surface area contributed by atoms with Gasteiger partial charge in [0.05, 0.1) is 12.6 Å². The van der Waals surface area contributed by atoms with Crippen molar-refractivity contribution in [1.29, 1.82) is 0 Å². The molecule has 8 nitrogen and oxygen atoms in total. The molecule has 8 heteroatoms. The molecular formula is C18H20N6O2. The molecule has 0 unspecified atom stereocenters. The van der Waals surface area contributed by atoms with Crippen LogP contribution in [0.15, 0.2) is 36.5 Å². The van der Waals surface area contributed by atoms with E-state index in [9.17, 15) is 4.79 Å². The van der Waals surface area contributed by atoms with Crippen molar-refractivity contribution in [1.82, 2.24) is 24.5 Å². The number of pyridine rings is 2. The summed E-state index contributed by atoms with van der Waals surface area (Å²) in [5.41, 5.74) is 7.82. The van der Waals surface area contributed by atoms with E-state index in [4.69, 9.17) is 10.5 Å². The Balaban J connectivity index is 1.69. The molecule has 1 atom stereocenters. The number of rotatable bonds is 4. The van der Waals surface area contributed by atoms with Crippen molar-refractivity contribution >= 4 is 17.4 Å². The highest BCUT2D eigenvalue weighted by Crippen LogP contribution is 2.23. The van der Waals surface area contributed by atoms with E-state index in [1.54, 1.807) is 25.4 Å². The van der Waals surface area contributed by atoms with E-state index in [-0.39, 0.29) is 11.9 Å². The molecule has 0 bridgehead atoms. The van der Waals surface area contributed by atoms with Crippen molar-refractivity contribution in [3.05, 3.63) is 42.1 Å². The number of nitrogen functional groups attached to an aromatic ring is 1. The second-order valence-corrected chi connectivity index (χ2v) is 6.34. The number of ether oxygens (including phenoxy) is 1. The summed E-state index contributed by atoms with van der Waals surface area (Å²) < 4.78 is 6.76. The quantitative estimate of drug-likeness (QED) is 0.766. The van der Waals surface area contributed by atoms with E-state index in [1.807, 2.05) is 23.1 Å². The van der Waals surface area contributed by atoms with Crippen LogP contribution in [0.1, 0.15) is 23.2 Å². The third-order valence-electron chi connectivity index (χ3n) is 4.60. The number of likely N-dealkylation sites (tertiary alicyclic amines) is 1. The second kappa shape index (κ2) is 6.72. The zero-order chi connectivity index (χ0) is 18.1. The summed E-state index contributed by atoms with van der Waals surface area (Å²) in [6.07, 6.45) is 3.61. The van der Waals surface area contributed by atoms with Crippen LogP contribution in [0.3, 0.4) is 0 Å². The van der Waals surface area contributed by atoms with Crippen LogP contribution in [-0.4, -0.2) is 56.7 Å². The zero-order valence-electron chi connectivity index (χ0n) is 14.5. The number of methoxy groups -OCH3 is 1. The SMILES string of the molecule is COC[C@@H]1CCCN1C(=O)c1cc(N)n2nc(-c3ccccn3)nc2c1. The Morgan fingerprint density at radius 3 is 3.04 bits per heavy atom. The number of carbonyl (C=O) groups is 1. The number of fused-ring (bicyclic) bond motifs is 1. The van der Waals surface area contributed by atoms with Crippen LogP contribution in [-0.2, 0) is 4.74 Å². The minimum absolute atomic E-state index is 0.0545. The summed E-state index contributed by atoms with van der Waals surface area (Å²) in [5, 5.41) is 4.40. The number of hydrogen-bond acceptors (Lipinski definition) is 6. The maximum atomic E-state index is 12.9. The fourth-order valence-corrected chi connectivity index (χ4v) is 3.37. The molecule has 134 valence electrons. The second-order valence-electron chi connectivity index (χ2n) is 6.34. The lowest BCUT2D eigenvalue weighted by Crippen LogP contribution is -2.38. The molecule has 1 aliphatic rings. The van der Waals surface area contributed by atoms with Gasteiger partial charge in [-0.2, -0.15) is 4.52 Å². The number of carbonyl (C=O) groups excluding carboxylic acids is 1. The Kier molecular flexibility index (Phi) is 4.26. The van der Waals surface area contributed by atoms with Gasteiger partial charge in [-0.05, 0) is 37.1 Å². The van der Waals surface area contributed by atoms with Gasteiger partial charge in [0.25, 0.3) is 5.91 Å². The molecule has 26 heavy (non-hydrogen) atoms. The van der Waals surface area contributed by atoms with Gasteiger partial charge in [0, 0.05) is 25.4 Å². The first kappa shape index (κ1) is 16.5. The maximum Gasteiger partial charge on any atom is 0.254 e. The molecule has 2 N–H and O–H groups in total. The van der Waals surface area contributed by atoms with Crippen LogP contribution < -0.4 is 5.73 Å². The largest absolute Gasteiger partial charge is 0.384 e. The number of hydrogen-bond donors (Lipinski definition) is 1. The Morgan fingerprint density at radius 1 is 1.38 bits per heavy atom. The summed E-state index contributed by atoms with van der Waals surface area (Å²) in [5.74, 6) is 0.782. The fourth-order valence-electron chi connectivity index (χ4n) is 3.37. The summed E-state index contributed by atoms with van der Waals surface area (Å²) in [6.45, 7) is 1.27. The van der Waals surface area contributed by atoms with Gasteiger partial charge in [-0.25, -0.2) is 4.98 Å². The standard InChI is InChI=1S/C18H20N6O2/c1-26-11-13-5-4-8-23(13)18(25)12-9-15(19)24-16(10-12)21-17(22-24)14-6-2-3-7-20-14/h2-3,6-7,9-10,13H,4-5,8,11,19H2,1H3/t13-/m0/s1. The van der Waals surface area contributed by atoms with Crippen LogP contribution in [0.5, 0.6) is 0 Å². The van der Waals surface area contributed by atoms with Gasteiger partial charge in [-0.3, -0.25) is 9.78 Å². The summed E-state index contributed by atoms with van der Waals surface area (Å²) in [4.78, 5) is 23.5. The van der Waals surface area contributed by atoms with Crippen molar-refractivity contribution in [3.63, 3.8) is 0 Å². The molecule has 1 saturated heterocycles. The maximum absolute atomic E-state index is 12.9. The van der Waals surface area contributed by atoms with Crippen molar-refractivity contribution < 1.29 is 9.53 Å². The summed E-state index contributed by atoms with van der Waals surface area (Å²) in [6, 6.07) is 9.00. The highest BCUT2D eigenvalue weighted by atomic mass is 16.5. The number of anilines is 1. The molecule has 0 saturated carbocycles. The Hall–Kier alpha value is -3.00. The molecule has 4 rings (SSSR count). The number of nitrogens with zero attached hydrogens (tertiary/aromatic N) is 5. The topological polar surface area (TPSA) is 98.6 Å². The van der Waals surface area contributed by atoms with E-state index < -0.39 is 0 Å². The molecule has 4 heterocycles. The number of nitrogens with two attached hydrogens (primary N) is 1. The van der Waals surface area contributed by atoms with Crippen LogP contribution in [0.4, 0.5) is 5.82 Å². The van der Waals surface area contributed by atoms with Crippen molar-refractivity contribution in [2.24, 2.45) is 0 Å². The molecule has 3 aromatic rings. The molecule has 0 aliphatic carbocycles. The van der Waals surface area contributed by atoms with E-state index in [0.29, 0.717) is 35.2 Å². The fraction of sp³-hybridized carbons (Fsp3) is 0.333. The van der Waals surface area contributed by atoms with E-state index in [1.165, 1.54) is 4.52 Å². The van der Waals surface area contributed by atoms with Crippen molar-refractivity contribution in [3.8, 4) is 11.5 Å². The Morgan fingerprint density at radius 2 is 2.27 bits per heavy atom. The third kappa shape index (κ3) is 2.88. The van der Waals surface area contributed by atoms with Crippen molar-refractivity contribution in [2.75, 3.05) is 26.0 Å². The normalized spacial score (nSPS) is 17.1. The predicted molar refractivity (Wildman–Crippen MR) is 96.6 cm³/mol. The molecule has 1 amide bonds. The molecule has 0 aromatic carbocycles. The minimum atomic E-state index is -0.0545. The van der Waals surface area contributed by atoms with Gasteiger partial charge in [0.1, 0.15) is 11.5 Å². The monoisotopic (exact) mass is 352 g/mol. The molecular weight excluding hydrogens is 332 g/mol. The van der Waals surface area contributed by atoms with Gasteiger partial charge in [-0.15, -0.1) is 5.10 Å². The lowest BCUT2D eigenvalue weighted by molar-refractivity contribution is 0.0630. The highest BCUT2D eigenvalue weighted by molar-refractivity contribution is 5.96. The van der Waals surface area contributed by atoms with E-state index in [0.717, 1.165) is 19.4 Å². The summed E-state index contributed by atoms with van der Waals surface area (Å²) >= 11 is 0. The smallest absolute Gasteiger partial charge is 0.254 e. The van der Waals surface area contributed by atoms with Gasteiger partial charge in [0.15, 0.2) is 5.65 Å². The lowest BCUT2D eigenvalue weighted by Gasteiger charge is -2.24. The molecule has 3 aromatic heterocycles. The number of amides is 1. The Labute approximate surface area is 150 Å². The van der Waals surface area contributed by atoms with Crippen LogP contribution in [0, 0.1) is 0 Å². The van der Waals surface area contributed by atoms with Crippen LogP contribution >= 0.6 is 0 Å². The van der Waals surface area contributed by atoms with E-state index >= 15 is 0 Å². The van der Waals surface area contributed by atoms with Gasteiger partial charge in [0.2, 0.25) is 5.82 Å². The predicted octanol–water partition coefficient (Wildman–Crippen LogP) is 1.62. The molecule has 1 aliphatic heterocycles. The molecule has 1 fully saturated rings. The first-order valence-electron chi connectivity index (χ1n) is 8.55.